The van der Waals surface area contributed by atoms with E-state index in [4.69, 9.17) is 9.47 Å². The van der Waals surface area contributed by atoms with Crippen molar-refractivity contribution in [1.82, 2.24) is 20.8 Å². The summed E-state index contributed by atoms with van der Waals surface area (Å²) in [4.78, 5) is 8.74. The second kappa shape index (κ2) is 12.6. The van der Waals surface area contributed by atoms with Gasteiger partial charge in [-0.2, -0.15) is 4.98 Å². The summed E-state index contributed by atoms with van der Waals surface area (Å²) >= 11 is 0. The van der Waals surface area contributed by atoms with E-state index in [1.165, 1.54) is 0 Å². The van der Waals surface area contributed by atoms with Gasteiger partial charge in [0.05, 0.1) is 31.3 Å². The van der Waals surface area contributed by atoms with Crippen molar-refractivity contribution in [2.45, 2.75) is 53.6 Å². The van der Waals surface area contributed by atoms with Crippen molar-refractivity contribution in [2.75, 3.05) is 19.5 Å². The van der Waals surface area contributed by atoms with Crippen LogP contribution >= 0.6 is 0 Å². The number of methoxy groups -OCH3 is 1. The standard InChI is InChI=1S/C22H35N5O2/c1-9-10-18(25-20-13-24-14-21(26-20)29-16(4)5)22(27-23-7)17(6)11-12-19(28-8)15(2)3/h11-14,16,23,27H,2,9-10H2,1,3-8H3,(H,25,26)/b17-11+,19-12+,22-18+. The van der Waals surface area contributed by atoms with E-state index in [0.29, 0.717) is 11.7 Å². The maximum absolute atomic E-state index is 5.65. The Balaban J connectivity index is 3.29. The fourth-order valence-electron chi connectivity index (χ4n) is 2.57. The summed E-state index contributed by atoms with van der Waals surface area (Å²) in [6.45, 7) is 13.9. The minimum atomic E-state index is 0.0342. The first-order valence-corrected chi connectivity index (χ1v) is 9.82. The number of allylic oxidation sites excluding steroid dienone is 5. The molecular formula is C22H35N5O2. The lowest BCUT2D eigenvalue weighted by Crippen LogP contribution is -2.30. The third-order valence-corrected chi connectivity index (χ3v) is 3.82. The van der Waals surface area contributed by atoms with Gasteiger partial charge in [0.2, 0.25) is 5.88 Å². The van der Waals surface area contributed by atoms with Gasteiger partial charge in [0.15, 0.2) is 5.82 Å². The summed E-state index contributed by atoms with van der Waals surface area (Å²) in [6.07, 6.45) is 9.03. The predicted molar refractivity (Wildman–Crippen MR) is 119 cm³/mol. The van der Waals surface area contributed by atoms with Crippen LogP contribution in [-0.2, 0) is 4.74 Å². The molecule has 1 aromatic heterocycles. The first kappa shape index (κ1) is 24.2. The summed E-state index contributed by atoms with van der Waals surface area (Å²) in [6, 6.07) is 0. The van der Waals surface area contributed by atoms with Crippen LogP contribution in [0.2, 0.25) is 0 Å². The van der Waals surface area contributed by atoms with Crippen LogP contribution in [-0.4, -0.2) is 30.2 Å². The molecule has 0 radical (unpaired) electrons. The molecule has 3 N–H and O–H groups in total. The number of nitrogens with zero attached hydrogens (tertiary/aromatic N) is 2. The Labute approximate surface area is 175 Å². The molecule has 1 aromatic rings. The summed E-state index contributed by atoms with van der Waals surface area (Å²) in [7, 11) is 3.47. The molecule has 0 saturated heterocycles. The van der Waals surface area contributed by atoms with Crippen LogP contribution in [0.25, 0.3) is 0 Å². The highest BCUT2D eigenvalue weighted by Crippen LogP contribution is 2.20. The maximum Gasteiger partial charge on any atom is 0.234 e. The van der Waals surface area contributed by atoms with Crippen LogP contribution in [0.5, 0.6) is 5.88 Å². The molecule has 0 unspecified atom stereocenters. The smallest absolute Gasteiger partial charge is 0.234 e. The number of hydrogen-bond donors (Lipinski definition) is 3. The van der Waals surface area contributed by atoms with E-state index in [0.717, 1.165) is 41.1 Å². The van der Waals surface area contributed by atoms with Gasteiger partial charge >= 0.3 is 0 Å². The molecule has 0 amide bonds. The molecular weight excluding hydrogens is 366 g/mol. The van der Waals surface area contributed by atoms with E-state index in [1.807, 2.05) is 46.9 Å². The molecule has 7 nitrogen and oxygen atoms in total. The third kappa shape index (κ3) is 8.39. The first-order valence-electron chi connectivity index (χ1n) is 9.82. The highest BCUT2D eigenvalue weighted by atomic mass is 16.5. The van der Waals surface area contributed by atoms with Crippen molar-refractivity contribution in [3.05, 3.63) is 59.4 Å². The van der Waals surface area contributed by atoms with E-state index >= 15 is 0 Å². The largest absolute Gasteiger partial charge is 0.497 e. The van der Waals surface area contributed by atoms with Crippen molar-refractivity contribution in [1.29, 1.82) is 0 Å². The van der Waals surface area contributed by atoms with Crippen LogP contribution in [0, 0.1) is 0 Å². The molecule has 0 aliphatic carbocycles. The Morgan fingerprint density at radius 1 is 1.24 bits per heavy atom. The van der Waals surface area contributed by atoms with Gasteiger partial charge in [-0.1, -0.05) is 26.0 Å². The fraction of sp³-hybridized carbons (Fsp3) is 0.455. The molecule has 0 spiro atoms. The third-order valence-electron chi connectivity index (χ3n) is 3.82. The van der Waals surface area contributed by atoms with E-state index < -0.39 is 0 Å². The van der Waals surface area contributed by atoms with E-state index in [2.05, 4.69) is 39.6 Å². The minimum Gasteiger partial charge on any atom is -0.497 e. The lowest BCUT2D eigenvalue weighted by atomic mass is 10.1. The SMILES string of the molecule is C=C(C)\C(=C/C=C(C)/C(NNC)=C(/CCC)Nc1cncc(OC(C)C)n1)OC. The number of aromatic nitrogens is 2. The Bertz CT molecular complexity index is 766. The molecule has 1 heterocycles. The normalized spacial score (nSPS) is 13.1. The van der Waals surface area contributed by atoms with Crippen molar-refractivity contribution in [2.24, 2.45) is 0 Å². The monoisotopic (exact) mass is 401 g/mol. The van der Waals surface area contributed by atoms with Gasteiger partial charge in [0.1, 0.15) is 5.76 Å². The predicted octanol–water partition coefficient (Wildman–Crippen LogP) is 4.46. The van der Waals surface area contributed by atoms with E-state index in [-0.39, 0.29) is 6.10 Å². The van der Waals surface area contributed by atoms with Crippen LogP contribution in [0.3, 0.4) is 0 Å². The van der Waals surface area contributed by atoms with E-state index in [1.54, 1.807) is 19.5 Å². The number of rotatable bonds is 12. The number of ether oxygens (including phenoxy) is 2. The van der Waals surface area contributed by atoms with Crippen molar-refractivity contribution in [3.8, 4) is 5.88 Å². The summed E-state index contributed by atoms with van der Waals surface area (Å²) in [5.41, 5.74) is 10.1. The molecule has 160 valence electrons. The molecule has 0 saturated carbocycles. The molecule has 29 heavy (non-hydrogen) atoms. The summed E-state index contributed by atoms with van der Waals surface area (Å²) < 4.78 is 11.0. The Morgan fingerprint density at radius 3 is 2.52 bits per heavy atom. The zero-order chi connectivity index (χ0) is 21.8. The van der Waals surface area contributed by atoms with Crippen LogP contribution < -0.4 is 20.9 Å². The van der Waals surface area contributed by atoms with Gasteiger partial charge in [0, 0.05) is 12.7 Å². The maximum atomic E-state index is 5.65. The molecule has 0 aromatic carbocycles. The zero-order valence-corrected chi connectivity index (χ0v) is 18.7. The number of anilines is 1. The average Bonchev–Trinajstić information content (AvgIpc) is 2.65. The van der Waals surface area contributed by atoms with Crippen LogP contribution in [0.4, 0.5) is 5.82 Å². The fourth-order valence-corrected chi connectivity index (χ4v) is 2.57. The summed E-state index contributed by atoms with van der Waals surface area (Å²) in [5.74, 6) is 1.86. The van der Waals surface area contributed by atoms with Crippen LogP contribution in [0.1, 0.15) is 47.5 Å². The lowest BCUT2D eigenvalue weighted by Gasteiger charge is -2.19. The van der Waals surface area contributed by atoms with Crippen LogP contribution in [0.15, 0.2) is 59.4 Å². The minimum absolute atomic E-state index is 0.0342. The quantitative estimate of drug-likeness (QED) is 0.271. The number of hydrazine groups is 1. The zero-order valence-electron chi connectivity index (χ0n) is 18.7. The summed E-state index contributed by atoms with van der Waals surface area (Å²) in [5, 5.41) is 3.40. The number of nitrogens with one attached hydrogen (secondary N) is 3. The molecule has 1 rings (SSSR count). The highest BCUT2D eigenvalue weighted by Gasteiger charge is 2.11. The van der Waals surface area contributed by atoms with Crippen molar-refractivity contribution < 1.29 is 9.47 Å². The van der Waals surface area contributed by atoms with Gasteiger partial charge in [-0.3, -0.25) is 4.98 Å². The molecule has 0 bridgehead atoms. The molecule has 7 heteroatoms. The topological polar surface area (TPSA) is 80.3 Å². The second-order valence-electron chi connectivity index (χ2n) is 6.88. The van der Waals surface area contributed by atoms with Gasteiger partial charge < -0.3 is 20.2 Å². The highest BCUT2D eigenvalue weighted by molar-refractivity contribution is 5.46. The second-order valence-corrected chi connectivity index (χ2v) is 6.88. The molecule has 0 aliphatic rings. The van der Waals surface area contributed by atoms with Gasteiger partial charge in [-0.15, -0.1) is 0 Å². The Hall–Kier alpha value is -2.80. The average molecular weight is 402 g/mol. The van der Waals surface area contributed by atoms with Gasteiger partial charge in [-0.05, 0) is 51.3 Å². The van der Waals surface area contributed by atoms with Gasteiger partial charge in [-0.25, -0.2) is 5.43 Å². The Kier molecular flexibility index (Phi) is 10.5. The van der Waals surface area contributed by atoms with Crippen molar-refractivity contribution in [3.63, 3.8) is 0 Å². The van der Waals surface area contributed by atoms with Gasteiger partial charge in [0.25, 0.3) is 0 Å². The Morgan fingerprint density at radius 2 is 1.97 bits per heavy atom. The molecule has 0 atom stereocenters. The van der Waals surface area contributed by atoms with Crippen molar-refractivity contribution >= 4 is 5.82 Å². The van der Waals surface area contributed by atoms with E-state index in [9.17, 15) is 0 Å². The number of hydrogen-bond acceptors (Lipinski definition) is 7. The molecule has 0 fully saturated rings. The first-order chi connectivity index (χ1) is 13.8. The molecule has 0 aliphatic heterocycles. The lowest BCUT2D eigenvalue weighted by molar-refractivity contribution is 0.232.